The molecule has 0 aliphatic heterocycles. The van der Waals surface area contributed by atoms with Crippen molar-refractivity contribution < 1.29 is 4.79 Å². The van der Waals surface area contributed by atoms with Crippen molar-refractivity contribution in [1.29, 1.82) is 0 Å². The van der Waals surface area contributed by atoms with Gasteiger partial charge >= 0.3 is 0 Å². The van der Waals surface area contributed by atoms with Gasteiger partial charge in [0.25, 0.3) is 5.91 Å². The molecule has 1 fully saturated rings. The molecule has 5 heteroatoms. The lowest BCUT2D eigenvalue weighted by atomic mass is 9.86. The molecule has 0 spiro atoms. The molecule has 1 saturated carbocycles. The van der Waals surface area contributed by atoms with Crippen LogP contribution in [0.2, 0.25) is 5.15 Å². The van der Waals surface area contributed by atoms with Crippen molar-refractivity contribution in [1.82, 2.24) is 9.88 Å². The molecule has 1 aromatic rings. The molecule has 2 rings (SSSR count). The first kappa shape index (κ1) is 14.1. The summed E-state index contributed by atoms with van der Waals surface area (Å²) in [5.74, 6) is 0.576. The lowest BCUT2D eigenvalue weighted by Gasteiger charge is -2.34. The number of anilines is 1. The highest BCUT2D eigenvalue weighted by atomic mass is 35.5. The molecule has 0 bridgehead atoms. The molecule has 4 nitrogen and oxygen atoms in total. The standard InChI is InChI=1S/C14H20ClN3O/c1-9-4-3-5-11(6-9)18(2)14(19)12-7-10(16)8-17-13(12)15/h7-9,11H,3-6,16H2,1-2H3. The SMILES string of the molecule is CC1CCCC(N(C)C(=O)c2cc(N)cnc2Cl)C1. The summed E-state index contributed by atoms with van der Waals surface area (Å²) in [6, 6.07) is 1.88. The van der Waals surface area contributed by atoms with E-state index in [-0.39, 0.29) is 17.1 Å². The molecule has 1 amide bonds. The quantitative estimate of drug-likeness (QED) is 0.848. The highest BCUT2D eigenvalue weighted by Gasteiger charge is 2.27. The highest BCUT2D eigenvalue weighted by Crippen LogP contribution is 2.28. The van der Waals surface area contributed by atoms with Crippen molar-refractivity contribution in [2.45, 2.75) is 38.6 Å². The van der Waals surface area contributed by atoms with Gasteiger partial charge in [0.15, 0.2) is 0 Å². The fraction of sp³-hybridized carbons (Fsp3) is 0.571. The number of hydrogen-bond acceptors (Lipinski definition) is 3. The Bertz CT molecular complexity index is 478. The maximum Gasteiger partial charge on any atom is 0.257 e. The van der Waals surface area contributed by atoms with E-state index in [1.807, 2.05) is 7.05 Å². The number of hydrogen-bond donors (Lipinski definition) is 1. The van der Waals surface area contributed by atoms with E-state index in [2.05, 4.69) is 11.9 Å². The Kier molecular flexibility index (Phi) is 4.30. The molecule has 1 aromatic heterocycles. The van der Waals surface area contributed by atoms with Crippen molar-refractivity contribution in [3.8, 4) is 0 Å². The second kappa shape index (κ2) is 5.78. The average molecular weight is 282 g/mol. The first-order valence-electron chi connectivity index (χ1n) is 6.67. The van der Waals surface area contributed by atoms with E-state index in [1.54, 1.807) is 11.0 Å². The van der Waals surface area contributed by atoms with Gasteiger partial charge in [-0.1, -0.05) is 31.4 Å². The number of aromatic nitrogens is 1. The summed E-state index contributed by atoms with van der Waals surface area (Å²) in [6.07, 6.45) is 5.99. The molecule has 1 aliphatic carbocycles. The van der Waals surface area contributed by atoms with Crippen LogP contribution in [0.25, 0.3) is 0 Å². The second-order valence-electron chi connectivity index (χ2n) is 5.45. The van der Waals surface area contributed by atoms with Crippen LogP contribution in [0.15, 0.2) is 12.3 Å². The number of nitrogen functional groups attached to an aromatic ring is 1. The van der Waals surface area contributed by atoms with Gasteiger partial charge in [0.05, 0.1) is 17.4 Å². The topological polar surface area (TPSA) is 59.2 Å². The Labute approximate surface area is 118 Å². The molecular formula is C14H20ClN3O. The molecule has 2 unspecified atom stereocenters. The van der Waals surface area contributed by atoms with Crippen LogP contribution in [-0.2, 0) is 0 Å². The third-order valence-electron chi connectivity index (χ3n) is 3.87. The molecule has 1 heterocycles. The van der Waals surface area contributed by atoms with Gasteiger partial charge in [-0.2, -0.15) is 0 Å². The summed E-state index contributed by atoms with van der Waals surface area (Å²) >= 11 is 5.99. The summed E-state index contributed by atoms with van der Waals surface area (Å²) in [5.41, 5.74) is 6.52. The van der Waals surface area contributed by atoms with Crippen molar-refractivity contribution >= 4 is 23.2 Å². The highest BCUT2D eigenvalue weighted by molar-refractivity contribution is 6.32. The van der Waals surface area contributed by atoms with Crippen LogP contribution in [0.3, 0.4) is 0 Å². The molecule has 104 valence electrons. The summed E-state index contributed by atoms with van der Waals surface area (Å²) < 4.78 is 0. The maximum atomic E-state index is 12.5. The zero-order valence-electron chi connectivity index (χ0n) is 11.4. The summed E-state index contributed by atoms with van der Waals surface area (Å²) in [7, 11) is 1.84. The minimum absolute atomic E-state index is 0.0936. The number of rotatable bonds is 2. The zero-order valence-corrected chi connectivity index (χ0v) is 12.2. The fourth-order valence-electron chi connectivity index (χ4n) is 2.72. The number of nitrogens with zero attached hydrogens (tertiary/aromatic N) is 2. The fourth-order valence-corrected chi connectivity index (χ4v) is 2.91. The van der Waals surface area contributed by atoms with Gasteiger partial charge in [-0.05, 0) is 24.8 Å². The maximum absolute atomic E-state index is 12.5. The molecule has 0 saturated heterocycles. The van der Waals surface area contributed by atoms with Crippen LogP contribution in [0.4, 0.5) is 5.69 Å². The number of nitrogens with two attached hydrogens (primary N) is 1. The number of amides is 1. The summed E-state index contributed by atoms with van der Waals surface area (Å²) in [6.45, 7) is 2.24. The smallest absolute Gasteiger partial charge is 0.257 e. The van der Waals surface area contributed by atoms with Crippen LogP contribution >= 0.6 is 11.6 Å². The van der Waals surface area contributed by atoms with Crippen molar-refractivity contribution in [3.05, 3.63) is 23.0 Å². The van der Waals surface area contributed by atoms with Gasteiger partial charge in [-0.3, -0.25) is 4.79 Å². The molecule has 0 aromatic carbocycles. The Morgan fingerprint density at radius 2 is 2.26 bits per heavy atom. The van der Waals surface area contributed by atoms with Crippen LogP contribution in [-0.4, -0.2) is 28.9 Å². The molecule has 1 aliphatic rings. The Morgan fingerprint density at radius 1 is 1.53 bits per heavy atom. The van der Waals surface area contributed by atoms with Gasteiger partial charge in [0.2, 0.25) is 0 Å². The minimum atomic E-state index is -0.0936. The van der Waals surface area contributed by atoms with E-state index in [0.29, 0.717) is 17.2 Å². The van der Waals surface area contributed by atoms with Crippen molar-refractivity contribution in [2.24, 2.45) is 5.92 Å². The van der Waals surface area contributed by atoms with Crippen LogP contribution in [0.1, 0.15) is 43.0 Å². The van der Waals surface area contributed by atoms with E-state index in [9.17, 15) is 4.79 Å². The van der Waals surface area contributed by atoms with Crippen LogP contribution in [0, 0.1) is 5.92 Å². The molecule has 19 heavy (non-hydrogen) atoms. The van der Waals surface area contributed by atoms with E-state index in [1.165, 1.54) is 19.0 Å². The summed E-state index contributed by atoms with van der Waals surface area (Å²) in [4.78, 5) is 18.2. The Hall–Kier alpha value is -1.29. The Morgan fingerprint density at radius 3 is 2.95 bits per heavy atom. The number of carbonyl (C=O) groups is 1. The monoisotopic (exact) mass is 281 g/mol. The largest absolute Gasteiger partial charge is 0.397 e. The third-order valence-corrected chi connectivity index (χ3v) is 4.17. The number of pyridine rings is 1. The lowest BCUT2D eigenvalue weighted by molar-refractivity contribution is 0.0672. The minimum Gasteiger partial charge on any atom is -0.397 e. The van der Waals surface area contributed by atoms with Gasteiger partial charge in [-0.25, -0.2) is 4.98 Å². The molecule has 2 atom stereocenters. The normalized spacial score (nSPS) is 23.1. The van der Waals surface area contributed by atoms with Crippen LogP contribution in [0.5, 0.6) is 0 Å². The first-order valence-corrected chi connectivity index (χ1v) is 7.05. The second-order valence-corrected chi connectivity index (χ2v) is 5.81. The summed E-state index contributed by atoms with van der Waals surface area (Å²) in [5, 5.41) is 0.218. The third kappa shape index (κ3) is 3.18. The number of carbonyl (C=O) groups excluding carboxylic acids is 1. The average Bonchev–Trinajstić information content (AvgIpc) is 2.40. The van der Waals surface area contributed by atoms with Crippen LogP contribution < -0.4 is 5.73 Å². The van der Waals surface area contributed by atoms with Crippen molar-refractivity contribution in [2.75, 3.05) is 12.8 Å². The predicted octanol–water partition coefficient (Wildman–Crippen LogP) is 2.97. The molecular weight excluding hydrogens is 262 g/mol. The van der Waals surface area contributed by atoms with Gasteiger partial charge in [0.1, 0.15) is 5.15 Å². The van der Waals surface area contributed by atoms with E-state index in [0.717, 1.165) is 12.8 Å². The van der Waals surface area contributed by atoms with E-state index >= 15 is 0 Å². The van der Waals surface area contributed by atoms with Crippen molar-refractivity contribution in [3.63, 3.8) is 0 Å². The molecule has 2 N–H and O–H groups in total. The first-order chi connectivity index (χ1) is 8.99. The van der Waals surface area contributed by atoms with E-state index < -0.39 is 0 Å². The Balaban J connectivity index is 2.16. The van der Waals surface area contributed by atoms with Gasteiger partial charge < -0.3 is 10.6 Å². The predicted molar refractivity (Wildman–Crippen MR) is 77.2 cm³/mol. The molecule has 0 radical (unpaired) electrons. The number of halogens is 1. The van der Waals surface area contributed by atoms with E-state index in [4.69, 9.17) is 17.3 Å². The lowest BCUT2D eigenvalue weighted by Crippen LogP contribution is -2.40. The van der Waals surface area contributed by atoms with Gasteiger partial charge in [0, 0.05) is 13.1 Å². The van der Waals surface area contributed by atoms with Gasteiger partial charge in [-0.15, -0.1) is 0 Å². The zero-order chi connectivity index (χ0) is 14.0.